The van der Waals surface area contributed by atoms with Crippen LogP contribution in [0.4, 0.5) is 5.69 Å². The molecule has 0 saturated carbocycles. The third kappa shape index (κ3) is 4.13. The number of carbonyl (C=O) groups excluding carboxylic acids is 2. The zero-order chi connectivity index (χ0) is 19.6. The number of amides is 2. The molecule has 3 aromatic rings. The van der Waals surface area contributed by atoms with Crippen molar-refractivity contribution < 1.29 is 14.7 Å². The number of carbonyl (C=O) groups is 2. The number of fused-ring (bicyclic) bond motifs is 1. The molecular weight excluding hydrogens is 366 g/mol. The molecule has 0 radical (unpaired) electrons. The number of hydrogen-bond acceptors (Lipinski definition) is 3. The summed E-state index contributed by atoms with van der Waals surface area (Å²) in [6.45, 7) is 1.73. The van der Waals surface area contributed by atoms with Crippen molar-refractivity contribution in [2.45, 2.75) is 13.0 Å². The number of para-hydroxylation sites is 1. The van der Waals surface area contributed by atoms with Crippen molar-refractivity contribution in [2.75, 3.05) is 11.9 Å². The van der Waals surface area contributed by atoms with E-state index in [9.17, 15) is 14.7 Å². The number of aryl methyl sites for hydroxylation is 2. The van der Waals surface area contributed by atoms with E-state index in [0.29, 0.717) is 16.3 Å². The van der Waals surface area contributed by atoms with Crippen molar-refractivity contribution in [1.29, 1.82) is 0 Å². The Morgan fingerprint density at radius 3 is 2.70 bits per heavy atom. The Bertz CT molecular complexity index is 1010. The zero-order valence-corrected chi connectivity index (χ0v) is 15.7. The van der Waals surface area contributed by atoms with E-state index in [1.165, 1.54) is 0 Å². The number of rotatable bonds is 4. The minimum absolute atomic E-state index is 0.0746. The normalized spacial score (nSPS) is 12.0. The van der Waals surface area contributed by atoms with Gasteiger partial charge in [-0.3, -0.25) is 9.59 Å². The molecule has 140 valence electrons. The zero-order valence-electron chi connectivity index (χ0n) is 15.0. The van der Waals surface area contributed by atoms with Gasteiger partial charge in [0, 0.05) is 47.0 Å². The molecule has 0 aliphatic carbocycles. The number of aliphatic hydroxyl groups excluding tert-OH is 1. The van der Waals surface area contributed by atoms with Crippen molar-refractivity contribution in [2.24, 2.45) is 7.05 Å². The van der Waals surface area contributed by atoms with Crippen LogP contribution < -0.4 is 10.6 Å². The highest BCUT2D eigenvalue weighted by molar-refractivity contribution is 6.40. The topological polar surface area (TPSA) is 83.4 Å². The lowest BCUT2D eigenvalue weighted by molar-refractivity contribution is -0.136. The second-order valence-corrected chi connectivity index (χ2v) is 6.79. The fourth-order valence-corrected chi connectivity index (χ4v) is 3.10. The van der Waals surface area contributed by atoms with Gasteiger partial charge < -0.3 is 20.3 Å². The van der Waals surface area contributed by atoms with Gasteiger partial charge in [-0.25, -0.2) is 0 Å². The van der Waals surface area contributed by atoms with Gasteiger partial charge >= 0.3 is 11.8 Å². The van der Waals surface area contributed by atoms with Crippen LogP contribution in [-0.4, -0.2) is 28.0 Å². The Hall–Kier alpha value is -2.83. The van der Waals surface area contributed by atoms with E-state index < -0.39 is 17.9 Å². The van der Waals surface area contributed by atoms with Crippen LogP contribution in [0.25, 0.3) is 10.9 Å². The first-order valence-electron chi connectivity index (χ1n) is 8.44. The molecular formula is C20H20ClN3O3. The Kier molecular flexibility index (Phi) is 5.48. The van der Waals surface area contributed by atoms with Crippen molar-refractivity contribution in [1.82, 2.24) is 9.88 Å². The van der Waals surface area contributed by atoms with Gasteiger partial charge in [-0.05, 0) is 30.7 Å². The maximum absolute atomic E-state index is 12.1. The van der Waals surface area contributed by atoms with Crippen LogP contribution in [0.2, 0.25) is 5.02 Å². The smallest absolute Gasteiger partial charge is 0.313 e. The third-order valence-electron chi connectivity index (χ3n) is 4.40. The van der Waals surface area contributed by atoms with Crippen molar-refractivity contribution in [3.8, 4) is 0 Å². The number of nitrogens with one attached hydrogen (secondary N) is 2. The summed E-state index contributed by atoms with van der Waals surface area (Å²) in [6, 6.07) is 12.7. The van der Waals surface area contributed by atoms with Gasteiger partial charge in [0.05, 0.1) is 6.10 Å². The fourth-order valence-electron chi connectivity index (χ4n) is 2.93. The van der Waals surface area contributed by atoms with Gasteiger partial charge in [0.25, 0.3) is 0 Å². The number of hydrogen-bond donors (Lipinski definition) is 3. The molecule has 0 spiro atoms. The van der Waals surface area contributed by atoms with Gasteiger partial charge in [-0.1, -0.05) is 35.9 Å². The average Bonchev–Trinajstić information content (AvgIpc) is 2.99. The summed E-state index contributed by atoms with van der Waals surface area (Å²) in [4.78, 5) is 24.2. The lowest BCUT2D eigenvalue weighted by Gasteiger charge is -2.12. The first-order valence-corrected chi connectivity index (χ1v) is 8.82. The molecule has 0 aliphatic rings. The average molecular weight is 386 g/mol. The molecule has 27 heavy (non-hydrogen) atoms. The highest BCUT2D eigenvalue weighted by atomic mass is 35.5. The molecule has 1 aromatic heterocycles. The number of halogens is 1. The standard InChI is InChI=1S/C20H20ClN3O3/c1-12-7-8-13(21)9-16(12)23-20(27)19(26)22-10-18(25)15-11-24(2)17-6-4-3-5-14(15)17/h3-9,11,18,25H,10H2,1-2H3,(H,22,26)(H,23,27). The van der Waals surface area contributed by atoms with Crippen molar-refractivity contribution in [3.63, 3.8) is 0 Å². The minimum Gasteiger partial charge on any atom is -0.386 e. The molecule has 0 bridgehead atoms. The summed E-state index contributed by atoms with van der Waals surface area (Å²) >= 11 is 5.91. The van der Waals surface area contributed by atoms with E-state index in [1.807, 2.05) is 42.1 Å². The lowest BCUT2D eigenvalue weighted by Crippen LogP contribution is -2.37. The molecule has 1 unspecified atom stereocenters. The van der Waals surface area contributed by atoms with E-state index in [1.54, 1.807) is 25.1 Å². The van der Waals surface area contributed by atoms with Gasteiger partial charge in [-0.15, -0.1) is 0 Å². The quantitative estimate of drug-likeness (QED) is 0.604. The summed E-state index contributed by atoms with van der Waals surface area (Å²) in [5.41, 5.74) is 2.93. The van der Waals surface area contributed by atoms with Crippen LogP contribution in [0.1, 0.15) is 17.2 Å². The second kappa shape index (κ2) is 7.82. The molecule has 7 heteroatoms. The first-order chi connectivity index (χ1) is 12.9. The van der Waals surface area contributed by atoms with E-state index in [2.05, 4.69) is 10.6 Å². The van der Waals surface area contributed by atoms with Crippen LogP contribution >= 0.6 is 11.6 Å². The van der Waals surface area contributed by atoms with E-state index in [0.717, 1.165) is 16.5 Å². The van der Waals surface area contributed by atoms with Crippen molar-refractivity contribution >= 4 is 40.0 Å². The minimum atomic E-state index is -0.930. The molecule has 3 rings (SSSR count). The van der Waals surface area contributed by atoms with Crippen LogP contribution in [0.15, 0.2) is 48.7 Å². The van der Waals surface area contributed by atoms with Gasteiger partial charge in [0.15, 0.2) is 0 Å². The maximum Gasteiger partial charge on any atom is 0.313 e. The van der Waals surface area contributed by atoms with E-state index in [4.69, 9.17) is 11.6 Å². The predicted molar refractivity (Wildman–Crippen MR) is 106 cm³/mol. The largest absolute Gasteiger partial charge is 0.386 e. The monoisotopic (exact) mass is 385 g/mol. The summed E-state index contributed by atoms with van der Waals surface area (Å²) in [5.74, 6) is -1.64. The Balaban J connectivity index is 1.64. The molecule has 2 aromatic carbocycles. The second-order valence-electron chi connectivity index (χ2n) is 6.35. The molecule has 6 nitrogen and oxygen atoms in total. The molecule has 1 atom stereocenters. The number of aliphatic hydroxyl groups is 1. The van der Waals surface area contributed by atoms with Gasteiger partial charge in [-0.2, -0.15) is 0 Å². The fraction of sp³-hybridized carbons (Fsp3) is 0.200. The first kappa shape index (κ1) is 18.9. The molecule has 0 aliphatic heterocycles. The van der Waals surface area contributed by atoms with Crippen LogP contribution in [0.3, 0.4) is 0 Å². The summed E-state index contributed by atoms with van der Waals surface area (Å²) in [5, 5.41) is 16.8. The Labute approximate surface area is 161 Å². The molecule has 1 heterocycles. The molecule has 2 amide bonds. The summed E-state index contributed by atoms with van der Waals surface area (Å²) < 4.78 is 1.91. The SMILES string of the molecule is Cc1ccc(Cl)cc1NC(=O)C(=O)NCC(O)c1cn(C)c2ccccc12. The summed E-state index contributed by atoms with van der Waals surface area (Å²) in [6.07, 6.45) is 0.887. The molecule has 3 N–H and O–H groups in total. The highest BCUT2D eigenvalue weighted by Crippen LogP contribution is 2.25. The lowest BCUT2D eigenvalue weighted by atomic mass is 10.1. The number of anilines is 1. The Morgan fingerprint density at radius 2 is 1.93 bits per heavy atom. The highest BCUT2D eigenvalue weighted by Gasteiger charge is 2.19. The van der Waals surface area contributed by atoms with Crippen LogP contribution in [-0.2, 0) is 16.6 Å². The van der Waals surface area contributed by atoms with Gasteiger partial charge in [0.2, 0.25) is 0 Å². The number of aromatic nitrogens is 1. The predicted octanol–water partition coefficient (Wildman–Crippen LogP) is 2.93. The van der Waals surface area contributed by atoms with Crippen molar-refractivity contribution in [3.05, 3.63) is 64.8 Å². The van der Waals surface area contributed by atoms with E-state index >= 15 is 0 Å². The Morgan fingerprint density at radius 1 is 1.19 bits per heavy atom. The van der Waals surface area contributed by atoms with Crippen LogP contribution in [0, 0.1) is 6.92 Å². The number of nitrogens with zero attached hydrogens (tertiary/aromatic N) is 1. The third-order valence-corrected chi connectivity index (χ3v) is 4.63. The van der Waals surface area contributed by atoms with Crippen LogP contribution in [0.5, 0.6) is 0 Å². The molecule has 0 fully saturated rings. The van der Waals surface area contributed by atoms with Gasteiger partial charge in [0.1, 0.15) is 0 Å². The molecule has 0 saturated heterocycles. The van der Waals surface area contributed by atoms with E-state index in [-0.39, 0.29) is 6.54 Å². The maximum atomic E-state index is 12.1. The summed E-state index contributed by atoms with van der Waals surface area (Å²) in [7, 11) is 1.89. The number of benzene rings is 2.